The number of aliphatic carboxylic acids is 1. The van der Waals surface area contributed by atoms with Crippen molar-refractivity contribution in [3.63, 3.8) is 0 Å². The number of hydrogen-bond acceptors (Lipinski definition) is 7. The summed E-state index contributed by atoms with van der Waals surface area (Å²) in [6.45, 7) is 4.41. The quantitative estimate of drug-likeness (QED) is 0.0362. The Morgan fingerprint density at radius 3 is 1.93 bits per heavy atom. The van der Waals surface area contributed by atoms with Crippen LogP contribution in [0.2, 0.25) is 0 Å². The van der Waals surface area contributed by atoms with Crippen LogP contribution in [0.25, 0.3) is 0 Å². The van der Waals surface area contributed by atoms with Crippen molar-refractivity contribution >= 4 is 17.9 Å². The van der Waals surface area contributed by atoms with Gasteiger partial charge in [-0.1, -0.05) is 95.2 Å². The monoisotopic (exact) mass is 635 g/mol. The van der Waals surface area contributed by atoms with Gasteiger partial charge >= 0.3 is 11.9 Å². The lowest BCUT2D eigenvalue weighted by Gasteiger charge is -2.34. The molecule has 0 bridgehead atoms. The van der Waals surface area contributed by atoms with Crippen LogP contribution in [-0.2, 0) is 28.6 Å². The molecule has 0 N–H and O–H groups in total. The summed E-state index contributed by atoms with van der Waals surface area (Å²) in [7, 11) is 5.37. The van der Waals surface area contributed by atoms with Crippen LogP contribution < -0.4 is 5.11 Å². The van der Waals surface area contributed by atoms with Gasteiger partial charge < -0.3 is 28.6 Å². The average Bonchev–Trinajstić information content (AvgIpc) is 2.98. The molecule has 8 nitrogen and oxygen atoms in total. The first-order valence-electron chi connectivity index (χ1n) is 17.5. The van der Waals surface area contributed by atoms with Gasteiger partial charge in [0.05, 0.1) is 40.3 Å². The fourth-order valence-electron chi connectivity index (χ4n) is 4.77. The fraction of sp³-hybridized carbons (Fsp3) is 0.757. The predicted molar refractivity (Wildman–Crippen MR) is 180 cm³/mol. The summed E-state index contributed by atoms with van der Waals surface area (Å²) in [4.78, 5) is 36.4. The highest BCUT2D eigenvalue weighted by Crippen LogP contribution is 2.12. The molecular weight excluding hydrogens is 570 g/mol. The molecule has 8 heteroatoms. The van der Waals surface area contributed by atoms with Crippen molar-refractivity contribution in [3.05, 3.63) is 36.5 Å². The zero-order valence-electron chi connectivity index (χ0n) is 29.3. The van der Waals surface area contributed by atoms with E-state index in [-0.39, 0.29) is 49.1 Å². The lowest BCUT2D eigenvalue weighted by molar-refractivity contribution is -0.889. The largest absolute Gasteiger partial charge is 0.544 e. The van der Waals surface area contributed by atoms with E-state index in [0.717, 1.165) is 51.4 Å². The van der Waals surface area contributed by atoms with Crippen molar-refractivity contribution in [2.24, 2.45) is 0 Å². The third-order valence-corrected chi connectivity index (χ3v) is 7.52. The number of carboxylic acids is 1. The van der Waals surface area contributed by atoms with Crippen molar-refractivity contribution in [2.75, 3.05) is 41.0 Å². The molecule has 0 saturated heterocycles. The van der Waals surface area contributed by atoms with Crippen molar-refractivity contribution < 1.29 is 38.2 Å². The molecule has 0 spiro atoms. The van der Waals surface area contributed by atoms with Gasteiger partial charge in [-0.05, 0) is 51.4 Å². The van der Waals surface area contributed by atoms with Crippen LogP contribution in [0.1, 0.15) is 129 Å². The molecule has 0 aromatic heterocycles. The third kappa shape index (κ3) is 27.6. The lowest BCUT2D eigenvalue weighted by atomic mass is 10.1. The van der Waals surface area contributed by atoms with E-state index < -0.39 is 18.1 Å². The van der Waals surface area contributed by atoms with Gasteiger partial charge in [-0.3, -0.25) is 9.59 Å². The number of hydrogen-bond donors (Lipinski definition) is 0. The van der Waals surface area contributed by atoms with Gasteiger partial charge in [0.2, 0.25) is 0 Å². The van der Waals surface area contributed by atoms with Crippen molar-refractivity contribution in [1.29, 1.82) is 0 Å². The van der Waals surface area contributed by atoms with Crippen molar-refractivity contribution in [1.82, 2.24) is 0 Å². The topological polar surface area (TPSA) is 102 Å². The standard InChI is InChI=1S/C37H65NO7/c1-6-8-10-12-14-15-16-17-18-19-20-22-23-25-27-35(39)44-32-33(31-43-30-29-34(37(41)42)38(3,4)5)45-36(40)28-26-24-21-13-11-9-7-2/h8,10,14-15,21,24,33-34H,6-7,9,11-13,16-20,22-23,25-32H2,1-5H3/b10-8+,15-14+,24-21+. The van der Waals surface area contributed by atoms with E-state index in [2.05, 4.69) is 44.2 Å². The molecule has 0 aromatic carbocycles. The molecule has 0 amide bonds. The number of likely N-dealkylation sites (N-methyl/N-ethyl adjacent to an activating group) is 1. The second kappa shape index (κ2) is 29.0. The molecule has 0 aliphatic heterocycles. The molecule has 0 heterocycles. The van der Waals surface area contributed by atoms with Crippen LogP contribution in [0.4, 0.5) is 0 Å². The first kappa shape index (κ1) is 42.6. The molecule has 0 saturated carbocycles. The van der Waals surface area contributed by atoms with Gasteiger partial charge in [0, 0.05) is 19.3 Å². The van der Waals surface area contributed by atoms with Crippen LogP contribution in [0.5, 0.6) is 0 Å². The molecule has 0 fully saturated rings. The molecule has 0 radical (unpaired) electrons. The second-order valence-electron chi connectivity index (χ2n) is 12.7. The van der Waals surface area contributed by atoms with Gasteiger partial charge in [0.1, 0.15) is 12.6 Å². The minimum absolute atomic E-state index is 0.0223. The highest BCUT2D eigenvalue weighted by Gasteiger charge is 2.25. The molecule has 2 unspecified atom stereocenters. The Labute approximate surface area is 274 Å². The molecule has 0 aliphatic rings. The highest BCUT2D eigenvalue weighted by molar-refractivity contribution is 5.70. The van der Waals surface area contributed by atoms with E-state index in [0.29, 0.717) is 12.8 Å². The first-order chi connectivity index (χ1) is 21.6. The summed E-state index contributed by atoms with van der Waals surface area (Å²) in [5.41, 5.74) is 0. The summed E-state index contributed by atoms with van der Waals surface area (Å²) in [5.74, 6) is -1.82. The predicted octanol–water partition coefficient (Wildman–Crippen LogP) is 7.01. The Bertz CT molecular complexity index is 844. The maximum atomic E-state index is 12.5. The zero-order valence-corrected chi connectivity index (χ0v) is 29.3. The molecule has 45 heavy (non-hydrogen) atoms. The summed E-state index contributed by atoms with van der Waals surface area (Å²) in [6, 6.07) is -0.729. The first-order valence-corrected chi connectivity index (χ1v) is 17.5. The van der Waals surface area contributed by atoms with Crippen LogP contribution in [0.15, 0.2) is 36.5 Å². The SMILES string of the molecule is CC/C=C/C/C=C/CCCCCCCCCC(=O)OCC(COCCC(C(=O)[O-])[N+](C)(C)C)OC(=O)CC/C=C/CCCCC. The maximum Gasteiger partial charge on any atom is 0.306 e. The number of quaternary nitrogens is 1. The zero-order chi connectivity index (χ0) is 33.6. The van der Waals surface area contributed by atoms with Crippen molar-refractivity contribution in [3.8, 4) is 0 Å². The number of carbonyl (C=O) groups excluding carboxylic acids is 3. The third-order valence-electron chi connectivity index (χ3n) is 7.52. The number of carboxylic acid groups (broad SMARTS) is 1. The number of unbranched alkanes of at least 4 members (excludes halogenated alkanes) is 10. The molecule has 0 rings (SSSR count). The average molecular weight is 636 g/mol. The second-order valence-corrected chi connectivity index (χ2v) is 12.7. The van der Waals surface area contributed by atoms with Gasteiger partial charge in [0.25, 0.3) is 0 Å². The van der Waals surface area contributed by atoms with Crippen molar-refractivity contribution in [2.45, 2.75) is 142 Å². The Hall–Kier alpha value is -2.45. The summed E-state index contributed by atoms with van der Waals surface area (Å²) < 4.78 is 16.9. The summed E-state index contributed by atoms with van der Waals surface area (Å²) >= 11 is 0. The minimum atomic E-state index is -1.13. The number of carbonyl (C=O) groups is 3. The van der Waals surface area contributed by atoms with Crippen LogP contribution in [0.3, 0.4) is 0 Å². The van der Waals surface area contributed by atoms with E-state index >= 15 is 0 Å². The summed E-state index contributed by atoms with van der Waals surface area (Å²) in [6.07, 6.45) is 29.1. The van der Waals surface area contributed by atoms with E-state index in [1.165, 1.54) is 38.5 Å². The number of esters is 2. The van der Waals surface area contributed by atoms with E-state index in [1.807, 2.05) is 6.08 Å². The molecule has 2 atom stereocenters. The Morgan fingerprint density at radius 2 is 1.29 bits per heavy atom. The Balaban J connectivity index is 4.42. The fourth-order valence-corrected chi connectivity index (χ4v) is 4.77. The van der Waals surface area contributed by atoms with Gasteiger partial charge in [-0.15, -0.1) is 0 Å². The Kier molecular flexibility index (Phi) is 27.4. The number of rotatable bonds is 30. The number of ether oxygens (including phenoxy) is 3. The maximum absolute atomic E-state index is 12.5. The van der Waals surface area contributed by atoms with Gasteiger partial charge in [-0.2, -0.15) is 0 Å². The van der Waals surface area contributed by atoms with Gasteiger partial charge in [-0.25, -0.2) is 0 Å². The van der Waals surface area contributed by atoms with Crippen LogP contribution in [0, 0.1) is 0 Å². The van der Waals surface area contributed by atoms with E-state index in [4.69, 9.17) is 14.2 Å². The molecule has 0 aliphatic carbocycles. The minimum Gasteiger partial charge on any atom is -0.544 e. The number of allylic oxidation sites excluding steroid dienone is 6. The summed E-state index contributed by atoms with van der Waals surface area (Å²) in [5, 5.41) is 11.5. The van der Waals surface area contributed by atoms with Crippen LogP contribution in [-0.4, -0.2) is 75.5 Å². The van der Waals surface area contributed by atoms with E-state index in [9.17, 15) is 19.5 Å². The lowest BCUT2D eigenvalue weighted by Crippen LogP contribution is -2.55. The number of nitrogens with zero attached hydrogens (tertiary/aromatic N) is 1. The Morgan fingerprint density at radius 1 is 0.689 bits per heavy atom. The van der Waals surface area contributed by atoms with Crippen LogP contribution >= 0.6 is 0 Å². The molecular formula is C37H65NO7. The normalized spacial score (nSPS) is 13.5. The molecule has 0 aromatic rings. The van der Waals surface area contributed by atoms with Gasteiger partial charge in [0.15, 0.2) is 6.10 Å². The molecule has 260 valence electrons. The highest BCUT2D eigenvalue weighted by atomic mass is 16.6. The smallest absolute Gasteiger partial charge is 0.306 e. The van der Waals surface area contributed by atoms with E-state index in [1.54, 1.807) is 21.1 Å².